The number of likely N-dealkylation sites (tertiary alicyclic amines) is 1. The van der Waals surface area contributed by atoms with Crippen LogP contribution in [0.1, 0.15) is 25.0 Å². The zero-order chi connectivity index (χ0) is 19.1. The Balaban J connectivity index is 1.60. The third-order valence-electron chi connectivity index (χ3n) is 4.55. The summed E-state index contributed by atoms with van der Waals surface area (Å²) >= 11 is 3.44. The van der Waals surface area contributed by atoms with Gasteiger partial charge in [0.25, 0.3) is 5.91 Å². The van der Waals surface area contributed by atoms with Crippen molar-refractivity contribution in [2.24, 2.45) is 0 Å². The van der Waals surface area contributed by atoms with Crippen molar-refractivity contribution in [2.75, 3.05) is 26.2 Å². The number of hydrogen-bond acceptors (Lipinski definition) is 4. The summed E-state index contributed by atoms with van der Waals surface area (Å²) in [5, 5.41) is 12.2. The Bertz CT molecular complexity index is 860. The van der Waals surface area contributed by atoms with Crippen LogP contribution in [0.5, 0.6) is 0 Å². The van der Waals surface area contributed by atoms with Crippen LogP contribution in [0.4, 0.5) is 0 Å². The fraction of sp³-hybridized carbons (Fsp3) is 0.333. The van der Waals surface area contributed by atoms with E-state index in [4.69, 9.17) is 4.42 Å². The van der Waals surface area contributed by atoms with E-state index in [1.807, 2.05) is 36.4 Å². The number of furan rings is 1. The highest BCUT2D eigenvalue weighted by atomic mass is 79.9. The molecule has 0 unspecified atom stereocenters. The van der Waals surface area contributed by atoms with Gasteiger partial charge in [-0.2, -0.15) is 5.26 Å². The lowest BCUT2D eigenvalue weighted by molar-refractivity contribution is -0.117. The van der Waals surface area contributed by atoms with E-state index in [0.717, 1.165) is 29.7 Å². The van der Waals surface area contributed by atoms with Crippen molar-refractivity contribution in [1.29, 1.82) is 5.26 Å². The summed E-state index contributed by atoms with van der Waals surface area (Å²) in [5.41, 5.74) is 0.970. The third kappa shape index (κ3) is 5.56. The van der Waals surface area contributed by atoms with Crippen LogP contribution in [0, 0.1) is 11.3 Å². The van der Waals surface area contributed by atoms with Crippen molar-refractivity contribution in [1.82, 2.24) is 10.2 Å². The first-order valence-electron chi connectivity index (χ1n) is 9.14. The average molecular weight is 428 g/mol. The van der Waals surface area contributed by atoms with Crippen LogP contribution in [0.2, 0.25) is 0 Å². The molecule has 1 aliphatic heterocycles. The van der Waals surface area contributed by atoms with E-state index >= 15 is 0 Å². The standard InChI is InChI=1S/C21H22BrN3O2/c22-18-6-4-5-16(13-18)20-8-7-19(27-20)14-17(15-23)21(26)24-9-12-25-10-2-1-3-11-25/h4-8,13-14H,1-3,9-12H2,(H,24,26). The van der Waals surface area contributed by atoms with Crippen LogP contribution in [0.15, 0.2) is 50.9 Å². The zero-order valence-corrected chi connectivity index (χ0v) is 16.7. The number of nitrogens with zero attached hydrogens (tertiary/aromatic N) is 2. The lowest BCUT2D eigenvalue weighted by Gasteiger charge is -2.26. The Hall–Kier alpha value is -2.36. The third-order valence-corrected chi connectivity index (χ3v) is 5.04. The topological polar surface area (TPSA) is 69.3 Å². The maximum atomic E-state index is 12.3. The number of piperidine rings is 1. The second kappa shape index (κ2) is 9.54. The summed E-state index contributed by atoms with van der Waals surface area (Å²) in [6.45, 7) is 3.53. The molecule has 0 atom stereocenters. The number of benzene rings is 1. The number of hydrogen-bond donors (Lipinski definition) is 1. The van der Waals surface area contributed by atoms with Gasteiger partial charge in [-0.15, -0.1) is 0 Å². The molecule has 1 aliphatic rings. The van der Waals surface area contributed by atoms with E-state index in [9.17, 15) is 10.1 Å². The largest absolute Gasteiger partial charge is 0.457 e. The van der Waals surface area contributed by atoms with E-state index < -0.39 is 0 Å². The van der Waals surface area contributed by atoms with Gasteiger partial charge in [0, 0.05) is 29.2 Å². The van der Waals surface area contributed by atoms with Gasteiger partial charge in [-0.3, -0.25) is 4.79 Å². The minimum absolute atomic E-state index is 0.0452. The Morgan fingerprint density at radius 1 is 1.26 bits per heavy atom. The fourth-order valence-electron chi connectivity index (χ4n) is 3.12. The predicted octanol–water partition coefficient (Wildman–Crippen LogP) is 4.22. The fourth-order valence-corrected chi connectivity index (χ4v) is 3.52. The molecule has 2 aromatic rings. The molecule has 1 amide bonds. The summed E-state index contributed by atoms with van der Waals surface area (Å²) < 4.78 is 6.73. The predicted molar refractivity (Wildman–Crippen MR) is 109 cm³/mol. The monoisotopic (exact) mass is 427 g/mol. The van der Waals surface area contributed by atoms with Gasteiger partial charge in [-0.25, -0.2) is 0 Å². The molecular formula is C21H22BrN3O2. The van der Waals surface area contributed by atoms with Crippen molar-refractivity contribution in [3.63, 3.8) is 0 Å². The second-order valence-electron chi connectivity index (χ2n) is 6.54. The molecule has 2 heterocycles. The van der Waals surface area contributed by atoms with Crippen LogP contribution in [-0.2, 0) is 4.79 Å². The lowest BCUT2D eigenvalue weighted by atomic mass is 10.1. The molecule has 5 nitrogen and oxygen atoms in total. The molecular weight excluding hydrogens is 406 g/mol. The first-order chi connectivity index (χ1) is 13.2. The minimum atomic E-state index is -0.366. The Kier molecular flexibility index (Phi) is 6.86. The van der Waals surface area contributed by atoms with E-state index in [0.29, 0.717) is 18.1 Å². The SMILES string of the molecule is N#CC(=Cc1ccc(-c2cccc(Br)c2)o1)C(=O)NCCN1CCCCC1. The quantitative estimate of drug-likeness (QED) is 0.553. The number of rotatable bonds is 6. The second-order valence-corrected chi connectivity index (χ2v) is 7.46. The molecule has 0 spiro atoms. The lowest BCUT2D eigenvalue weighted by Crippen LogP contribution is -2.37. The van der Waals surface area contributed by atoms with Gasteiger partial charge in [0.05, 0.1) is 0 Å². The van der Waals surface area contributed by atoms with Crippen molar-refractivity contribution in [3.8, 4) is 17.4 Å². The highest BCUT2D eigenvalue weighted by Gasteiger charge is 2.13. The zero-order valence-electron chi connectivity index (χ0n) is 15.1. The minimum Gasteiger partial charge on any atom is -0.457 e. The van der Waals surface area contributed by atoms with Gasteiger partial charge < -0.3 is 14.6 Å². The number of amides is 1. The Morgan fingerprint density at radius 3 is 2.81 bits per heavy atom. The molecule has 1 aromatic carbocycles. The van der Waals surface area contributed by atoms with Gasteiger partial charge in [0.2, 0.25) is 0 Å². The number of carbonyl (C=O) groups is 1. The highest BCUT2D eigenvalue weighted by molar-refractivity contribution is 9.10. The molecule has 140 valence electrons. The van der Waals surface area contributed by atoms with Crippen molar-refractivity contribution < 1.29 is 9.21 Å². The molecule has 0 saturated carbocycles. The number of nitriles is 1. The maximum Gasteiger partial charge on any atom is 0.262 e. The van der Waals surface area contributed by atoms with Gasteiger partial charge in [-0.05, 0) is 50.2 Å². The molecule has 1 N–H and O–H groups in total. The maximum absolute atomic E-state index is 12.3. The highest BCUT2D eigenvalue weighted by Crippen LogP contribution is 2.25. The van der Waals surface area contributed by atoms with Gasteiger partial charge in [0.1, 0.15) is 23.2 Å². The van der Waals surface area contributed by atoms with Gasteiger partial charge in [-0.1, -0.05) is 34.5 Å². The number of halogens is 1. The molecule has 1 saturated heterocycles. The molecule has 27 heavy (non-hydrogen) atoms. The van der Waals surface area contributed by atoms with Gasteiger partial charge in [0.15, 0.2) is 0 Å². The van der Waals surface area contributed by atoms with E-state index in [2.05, 4.69) is 26.1 Å². The van der Waals surface area contributed by atoms with E-state index in [1.165, 1.54) is 25.3 Å². The molecule has 0 bridgehead atoms. The van der Waals surface area contributed by atoms with E-state index in [-0.39, 0.29) is 11.5 Å². The van der Waals surface area contributed by atoms with Crippen molar-refractivity contribution in [2.45, 2.75) is 19.3 Å². The summed E-state index contributed by atoms with van der Waals surface area (Å²) in [6, 6.07) is 13.3. The average Bonchev–Trinajstić information content (AvgIpc) is 3.15. The van der Waals surface area contributed by atoms with Crippen LogP contribution in [0.3, 0.4) is 0 Å². The molecule has 3 rings (SSSR count). The first kappa shape index (κ1) is 19.4. The van der Waals surface area contributed by atoms with Crippen molar-refractivity contribution >= 4 is 27.9 Å². The van der Waals surface area contributed by atoms with Crippen LogP contribution in [-0.4, -0.2) is 37.0 Å². The molecule has 0 aliphatic carbocycles. The Morgan fingerprint density at radius 2 is 2.07 bits per heavy atom. The number of nitrogens with one attached hydrogen (secondary N) is 1. The van der Waals surface area contributed by atoms with Crippen molar-refractivity contribution in [3.05, 3.63) is 52.2 Å². The van der Waals surface area contributed by atoms with E-state index in [1.54, 1.807) is 6.07 Å². The van der Waals surface area contributed by atoms with Gasteiger partial charge >= 0.3 is 0 Å². The number of carbonyl (C=O) groups excluding carboxylic acids is 1. The molecule has 1 aromatic heterocycles. The van der Waals surface area contributed by atoms with Crippen LogP contribution in [0.25, 0.3) is 17.4 Å². The normalized spacial score (nSPS) is 15.3. The van der Waals surface area contributed by atoms with Crippen LogP contribution < -0.4 is 5.32 Å². The molecule has 1 fully saturated rings. The molecule has 6 heteroatoms. The Labute approximate surface area is 167 Å². The summed E-state index contributed by atoms with van der Waals surface area (Å²) in [6.07, 6.45) is 5.21. The summed E-state index contributed by atoms with van der Waals surface area (Å²) in [5.74, 6) is 0.799. The van der Waals surface area contributed by atoms with Crippen LogP contribution >= 0.6 is 15.9 Å². The first-order valence-corrected chi connectivity index (χ1v) is 9.93. The summed E-state index contributed by atoms with van der Waals surface area (Å²) in [4.78, 5) is 14.6. The summed E-state index contributed by atoms with van der Waals surface area (Å²) in [7, 11) is 0. The molecule has 0 radical (unpaired) electrons. The smallest absolute Gasteiger partial charge is 0.262 e.